The molecule has 110 valence electrons. The molecule has 0 aromatic heterocycles. The monoisotopic (exact) mass is 318 g/mol. The summed E-state index contributed by atoms with van der Waals surface area (Å²) in [5, 5.41) is 3.74. The van der Waals surface area contributed by atoms with E-state index in [1.807, 2.05) is 12.1 Å². The van der Waals surface area contributed by atoms with Gasteiger partial charge in [0.2, 0.25) is 0 Å². The predicted molar refractivity (Wildman–Crippen MR) is 79.2 cm³/mol. The third-order valence-electron chi connectivity index (χ3n) is 2.57. The van der Waals surface area contributed by atoms with Crippen molar-refractivity contribution in [3.05, 3.63) is 29.8 Å². The number of hydrogen-bond acceptors (Lipinski definition) is 4. The van der Waals surface area contributed by atoms with Gasteiger partial charge < -0.3 is 9.57 Å². The first kappa shape index (κ1) is 16.6. The van der Waals surface area contributed by atoms with Gasteiger partial charge in [-0.1, -0.05) is 40.5 Å². The van der Waals surface area contributed by atoms with Crippen LogP contribution in [0.1, 0.15) is 12.5 Å². The SMILES string of the molecule is CO/N=C(\C)N(Cc1ccc(OC)cc1)C(=O)C(Cl)Cl. The molecule has 0 atom stereocenters. The normalized spacial score (nSPS) is 11.4. The second-order valence-electron chi connectivity index (χ2n) is 3.89. The van der Waals surface area contributed by atoms with Gasteiger partial charge in [-0.25, -0.2) is 0 Å². The average Bonchev–Trinajstić information content (AvgIpc) is 2.44. The molecule has 0 aliphatic rings. The summed E-state index contributed by atoms with van der Waals surface area (Å²) in [6.07, 6.45) is 0. The standard InChI is InChI=1S/C13H16Cl2N2O3/c1-9(16-20-3)17(13(18)12(14)15)8-10-4-6-11(19-2)7-5-10/h4-7,12H,8H2,1-3H3/b16-9+. The van der Waals surface area contributed by atoms with Crippen LogP contribution < -0.4 is 4.74 Å². The smallest absolute Gasteiger partial charge is 0.261 e. The molecule has 0 aliphatic carbocycles. The third kappa shape index (κ3) is 4.58. The molecule has 7 heteroatoms. The van der Waals surface area contributed by atoms with Crippen LogP contribution in [0.3, 0.4) is 0 Å². The number of amides is 1. The minimum absolute atomic E-state index is 0.289. The van der Waals surface area contributed by atoms with Crippen molar-refractivity contribution in [1.29, 1.82) is 0 Å². The van der Waals surface area contributed by atoms with Crippen LogP contribution >= 0.6 is 23.2 Å². The van der Waals surface area contributed by atoms with Crippen molar-refractivity contribution in [2.24, 2.45) is 5.16 Å². The van der Waals surface area contributed by atoms with E-state index in [0.717, 1.165) is 11.3 Å². The minimum Gasteiger partial charge on any atom is -0.497 e. The van der Waals surface area contributed by atoms with Crippen molar-refractivity contribution in [2.75, 3.05) is 14.2 Å². The van der Waals surface area contributed by atoms with E-state index in [2.05, 4.69) is 9.99 Å². The van der Waals surface area contributed by atoms with Gasteiger partial charge in [0.05, 0.1) is 13.7 Å². The fourth-order valence-electron chi connectivity index (χ4n) is 1.56. The van der Waals surface area contributed by atoms with Crippen LogP contribution in [0.25, 0.3) is 0 Å². The molecular formula is C13H16Cl2N2O3. The van der Waals surface area contributed by atoms with Crippen LogP contribution in [-0.4, -0.2) is 35.7 Å². The maximum atomic E-state index is 12.0. The van der Waals surface area contributed by atoms with Gasteiger partial charge in [0, 0.05) is 0 Å². The van der Waals surface area contributed by atoms with E-state index in [9.17, 15) is 4.79 Å². The fraction of sp³-hybridized carbons (Fsp3) is 0.385. The van der Waals surface area contributed by atoms with Crippen LogP contribution in [0.4, 0.5) is 0 Å². The molecule has 0 saturated carbocycles. The molecule has 1 amide bonds. The van der Waals surface area contributed by atoms with Crippen LogP contribution in [0.15, 0.2) is 29.4 Å². The van der Waals surface area contributed by atoms with Crippen molar-refractivity contribution < 1.29 is 14.4 Å². The molecule has 1 aromatic rings. The quantitative estimate of drug-likeness (QED) is 0.363. The van der Waals surface area contributed by atoms with Crippen LogP contribution in [0.2, 0.25) is 0 Å². The molecule has 1 rings (SSSR count). The van der Waals surface area contributed by atoms with Crippen molar-refractivity contribution in [1.82, 2.24) is 4.90 Å². The number of benzene rings is 1. The largest absolute Gasteiger partial charge is 0.497 e. The number of amidine groups is 1. The number of methoxy groups -OCH3 is 1. The molecule has 0 spiro atoms. The van der Waals surface area contributed by atoms with E-state index in [4.69, 9.17) is 27.9 Å². The van der Waals surface area contributed by atoms with E-state index >= 15 is 0 Å². The van der Waals surface area contributed by atoms with E-state index in [1.165, 1.54) is 12.0 Å². The molecule has 0 aliphatic heterocycles. The summed E-state index contributed by atoms with van der Waals surface area (Å²) < 4.78 is 5.08. The number of rotatable bonds is 5. The highest BCUT2D eigenvalue weighted by Gasteiger charge is 2.23. The number of ether oxygens (including phenoxy) is 1. The second kappa shape index (κ2) is 7.97. The Kier molecular flexibility index (Phi) is 6.61. The zero-order chi connectivity index (χ0) is 15.1. The summed E-state index contributed by atoms with van der Waals surface area (Å²) in [7, 11) is 2.99. The average molecular weight is 319 g/mol. The highest BCUT2D eigenvalue weighted by molar-refractivity contribution is 6.53. The molecular weight excluding hydrogens is 303 g/mol. The van der Waals surface area contributed by atoms with Crippen molar-refractivity contribution in [2.45, 2.75) is 18.3 Å². The lowest BCUT2D eigenvalue weighted by molar-refractivity contribution is -0.126. The topological polar surface area (TPSA) is 51.1 Å². The Morgan fingerprint density at radius 1 is 1.30 bits per heavy atom. The fourth-order valence-corrected chi connectivity index (χ4v) is 1.80. The molecule has 0 bridgehead atoms. The van der Waals surface area contributed by atoms with Gasteiger partial charge in [-0.2, -0.15) is 0 Å². The summed E-state index contributed by atoms with van der Waals surface area (Å²) in [6.45, 7) is 1.93. The van der Waals surface area contributed by atoms with E-state index in [0.29, 0.717) is 5.84 Å². The number of carbonyl (C=O) groups excluding carboxylic acids is 1. The molecule has 1 aromatic carbocycles. The number of halogens is 2. The molecule has 0 heterocycles. The van der Waals surface area contributed by atoms with Crippen molar-refractivity contribution in [3.8, 4) is 5.75 Å². The van der Waals surface area contributed by atoms with Gasteiger partial charge in [-0.05, 0) is 24.6 Å². The molecule has 20 heavy (non-hydrogen) atoms. The Morgan fingerprint density at radius 2 is 1.90 bits per heavy atom. The van der Waals surface area contributed by atoms with Gasteiger partial charge in [-0.3, -0.25) is 9.69 Å². The summed E-state index contributed by atoms with van der Waals surface area (Å²) in [5.74, 6) is 0.656. The van der Waals surface area contributed by atoms with Crippen LogP contribution in [-0.2, 0) is 16.2 Å². The Labute approximate surface area is 128 Å². The first-order chi connectivity index (χ1) is 9.49. The first-order valence-electron chi connectivity index (χ1n) is 5.79. The zero-order valence-corrected chi connectivity index (χ0v) is 13.0. The molecule has 5 nitrogen and oxygen atoms in total. The maximum absolute atomic E-state index is 12.0. The summed E-state index contributed by atoms with van der Waals surface area (Å²) in [4.78, 5) is 16.9. The van der Waals surface area contributed by atoms with E-state index in [-0.39, 0.29) is 6.54 Å². The van der Waals surface area contributed by atoms with Gasteiger partial charge in [0.25, 0.3) is 5.91 Å². The molecule has 0 radical (unpaired) electrons. The second-order valence-corrected chi connectivity index (χ2v) is 4.99. The molecule has 0 N–H and O–H groups in total. The zero-order valence-electron chi connectivity index (χ0n) is 11.5. The number of alkyl halides is 2. The Morgan fingerprint density at radius 3 is 2.35 bits per heavy atom. The summed E-state index contributed by atoms with van der Waals surface area (Å²) in [6, 6.07) is 7.30. The lowest BCUT2D eigenvalue weighted by atomic mass is 10.2. The minimum atomic E-state index is -1.16. The number of oxime groups is 1. The van der Waals surface area contributed by atoms with E-state index < -0.39 is 10.7 Å². The van der Waals surface area contributed by atoms with Gasteiger partial charge in [0.1, 0.15) is 18.7 Å². The highest BCUT2D eigenvalue weighted by Crippen LogP contribution is 2.16. The van der Waals surface area contributed by atoms with Crippen LogP contribution in [0, 0.1) is 0 Å². The number of carbonyl (C=O) groups is 1. The van der Waals surface area contributed by atoms with Gasteiger partial charge >= 0.3 is 0 Å². The molecule has 0 unspecified atom stereocenters. The van der Waals surface area contributed by atoms with Crippen molar-refractivity contribution in [3.63, 3.8) is 0 Å². The number of hydrogen-bond donors (Lipinski definition) is 0. The molecule has 0 fully saturated rings. The first-order valence-corrected chi connectivity index (χ1v) is 6.67. The Balaban J connectivity index is 2.93. The van der Waals surface area contributed by atoms with Gasteiger partial charge in [-0.15, -0.1) is 0 Å². The Bertz CT molecular complexity index is 475. The van der Waals surface area contributed by atoms with Crippen molar-refractivity contribution >= 4 is 34.9 Å². The van der Waals surface area contributed by atoms with E-state index in [1.54, 1.807) is 26.2 Å². The maximum Gasteiger partial charge on any atom is 0.261 e. The highest BCUT2D eigenvalue weighted by atomic mass is 35.5. The lowest BCUT2D eigenvalue weighted by Crippen LogP contribution is -2.38. The lowest BCUT2D eigenvalue weighted by Gasteiger charge is -2.22. The summed E-state index contributed by atoms with van der Waals surface area (Å²) in [5.41, 5.74) is 0.888. The number of nitrogens with zero attached hydrogens (tertiary/aromatic N) is 2. The van der Waals surface area contributed by atoms with Crippen LogP contribution in [0.5, 0.6) is 5.75 Å². The predicted octanol–water partition coefficient (Wildman–Crippen LogP) is 2.81. The Hall–Kier alpha value is -1.46. The molecule has 0 saturated heterocycles. The summed E-state index contributed by atoms with van der Waals surface area (Å²) >= 11 is 11.3. The van der Waals surface area contributed by atoms with Gasteiger partial charge in [0.15, 0.2) is 4.84 Å². The third-order valence-corrected chi connectivity index (χ3v) is 2.94.